The minimum Gasteiger partial charge on any atom is -0.457 e. The van der Waals surface area contributed by atoms with Gasteiger partial charge in [0.15, 0.2) is 10.5 Å². The molecule has 2 rings (SSSR count). The number of nitrogens with two attached hydrogens (primary N) is 1. The Morgan fingerprint density at radius 2 is 2.40 bits per heavy atom. The van der Waals surface area contributed by atoms with E-state index in [1.165, 1.54) is 0 Å². The first-order valence-corrected chi connectivity index (χ1v) is 5.34. The largest absolute Gasteiger partial charge is 0.457 e. The van der Waals surface area contributed by atoms with Crippen molar-refractivity contribution in [2.75, 3.05) is 0 Å². The molecule has 1 atom stereocenters. The third kappa shape index (κ3) is 1.95. The first-order valence-electron chi connectivity index (χ1n) is 4.55. The summed E-state index contributed by atoms with van der Waals surface area (Å²) >= 11 is 3.24. The molecule has 0 aliphatic carbocycles. The van der Waals surface area contributed by atoms with Crippen LogP contribution in [0, 0.1) is 0 Å². The molecule has 6 heteroatoms. The zero-order chi connectivity index (χ0) is 10.8. The summed E-state index contributed by atoms with van der Waals surface area (Å²) in [6, 6.07) is 1.56. The monoisotopic (exact) mass is 271 g/mol. The molecule has 5 nitrogen and oxygen atoms in total. The molecule has 2 heterocycles. The molecule has 0 aliphatic rings. The van der Waals surface area contributed by atoms with Crippen LogP contribution in [0.2, 0.25) is 0 Å². The van der Waals surface area contributed by atoms with Crippen LogP contribution in [-0.4, -0.2) is 10.1 Å². The first kappa shape index (κ1) is 10.4. The van der Waals surface area contributed by atoms with Gasteiger partial charge in [-0.2, -0.15) is 4.98 Å². The Morgan fingerprint density at radius 3 is 3.00 bits per heavy atom. The Bertz CT molecular complexity index is 452. The Balaban J connectivity index is 2.32. The minimum absolute atomic E-state index is 0.187. The fourth-order valence-electron chi connectivity index (χ4n) is 1.12. The van der Waals surface area contributed by atoms with Gasteiger partial charge in [0, 0.05) is 0 Å². The zero-order valence-electron chi connectivity index (χ0n) is 8.11. The maximum Gasteiger partial charge on any atom is 0.262 e. The Kier molecular flexibility index (Phi) is 2.88. The van der Waals surface area contributed by atoms with Crippen LogP contribution in [0.1, 0.15) is 25.2 Å². The van der Waals surface area contributed by atoms with E-state index >= 15 is 0 Å². The topological polar surface area (TPSA) is 78.1 Å². The van der Waals surface area contributed by atoms with Gasteiger partial charge in [0.2, 0.25) is 0 Å². The summed E-state index contributed by atoms with van der Waals surface area (Å²) in [6.07, 6.45) is 2.31. The molecule has 0 aromatic carbocycles. The highest BCUT2D eigenvalue weighted by molar-refractivity contribution is 9.10. The van der Waals surface area contributed by atoms with Gasteiger partial charge in [-0.05, 0) is 28.4 Å². The lowest BCUT2D eigenvalue weighted by Crippen LogP contribution is -2.10. The van der Waals surface area contributed by atoms with Gasteiger partial charge in [0.25, 0.3) is 5.89 Å². The minimum atomic E-state index is -0.187. The molecule has 0 saturated heterocycles. The van der Waals surface area contributed by atoms with Crippen molar-refractivity contribution >= 4 is 15.9 Å². The summed E-state index contributed by atoms with van der Waals surface area (Å²) in [5.74, 6) is 0.926. The van der Waals surface area contributed by atoms with Gasteiger partial charge in [-0.1, -0.05) is 12.1 Å². The highest BCUT2D eigenvalue weighted by atomic mass is 79.9. The molecule has 80 valence electrons. The van der Waals surface area contributed by atoms with E-state index in [9.17, 15) is 0 Å². The maximum atomic E-state index is 5.78. The van der Waals surface area contributed by atoms with Crippen molar-refractivity contribution < 1.29 is 8.94 Å². The third-order valence-corrected chi connectivity index (χ3v) is 2.68. The predicted octanol–water partition coefficient (Wildman–Crippen LogP) is 2.50. The Labute approximate surface area is 94.8 Å². The van der Waals surface area contributed by atoms with Crippen LogP contribution in [0.4, 0.5) is 0 Å². The fourth-order valence-corrected chi connectivity index (χ4v) is 1.53. The highest BCUT2D eigenvalue weighted by Gasteiger charge is 2.16. The van der Waals surface area contributed by atoms with Crippen LogP contribution >= 0.6 is 15.9 Å². The second-order valence-corrected chi connectivity index (χ2v) is 3.80. The van der Waals surface area contributed by atoms with E-state index in [-0.39, 0.29) is 6.04 Å². The molecule has 1 unspecified atom stereocenters. The van der Waals surface area contributed by atoms with Gasteiger partial charge in [0.1, 0.15) is 0 Å². The van der Waals surface area contributed by atoms with Crippen molar-refractivity contribution in [2.45, 2.75) is 19.4 Å². The number of rotatable bonds is 3. The molecule has 0 amide bonds. The number of halogens is 1. The van der Waals surface area contributed by atoms with Gasteiger partial charge in [-0.25, -0.2) is 0 Å². The van der Waals surface area contributed by atoms with E-state index in [0.29, 0.717) is 16.4 Å². The molecule has 15 heavy (non-hydrogen) atoms. The van der Waals surface area contributed by atoms with Gasteiger partial charge >= 0.3 is 0 Å². The molecule has 0 fully saturated rings. The van der Waals surface area contributed by atoms with Crippen LogP contribution in [0.25, 0.3) is 11.5 Å². The van der Waals surface area contributed by atoms with E-state index in [4.69, 9.17) is 14.7 Å². The summed E-state index contributed by atoms with van der Waals surface area (Å²) in [5, 5.41) is 3.81. The number of furan rings is 1. The van der Waals surface area contributed by atoms with Crippen LogP contribution in [0.5, 0.6) is 0 Å². The van der Waals surface area contributed by atoms with Crippen LogP contribution in [0.3, 0.4) is 0 Å². The number of nitrogens with zero attached hydrogens (tertiary/aromatic N) is 2. The SMILES string of the molecule is CCC(N)c1noc(-c2ccoc2Br)n1. The van der Waals surface area contributed by atoms with Crippen molar-refractivity contribution in [3.63, 3.8) is 0 Å². The summed E-state index contributed by atoms with van der Waals surface area (Å²) in [6.45, 7) is 1.97. The van der Waals surface area contributed by atoms with Gasteiger partial charge in [0.05, 0.1) is 17.9 Å². The summed E-state index contributed by atoms with van der Waals surface area (Å²) in [5.41, 5.74) is 6.51. The van der Waals surface area contributed by atoms with Crippen molar-refractivity contribution in [1.82, 2.24) is 10.1 Å². The average Bonchev–Trinajstić information content (AvgIpc) is 2.84. The van der Waals surface area contributed by atoms with Gasteiger partial charge in [-0.15, -0.1) is 0 Å². The number of hydrogen-bond donors (Lipinski definition) is 1. The molecular weight excluding hydrogens is 262 g/mol. The van der Waals surface area contributed by atoms with Crippen LogP contribution in [-0.2, 0) is 0 Å². The van der Waals surface area contributed by atoms with Crippen molar-refractivity contribution in [2.24, 2.45) is 5.73 Å². The normalized spacial score (nSPS) is 13.0. The second kappa shape index (κ2) is 4.16. The summed E-state index contributed by atoms with van der Waals surface area (Å²) in [7, 11) is 0. The van der Waals surface area contributed by atoms with Crippen molar-refractivity contribution in [1.29, 1.82) is 0 Å². The zero-order valence-corrected chi connectivity index (χ0v) is 9.69. The lowest BCUT2D eigenvalue weighted by Gasteiger charge is -1.99. The Hall–Kier alpha value is -1.14. The van der Waals surface area contributed by atoms with E-state index in [1.807, 2.05) is 6.92 Å². The molecule has 0 saturated carbocycles. The van der Waals surface area contributed by atoms with E-state index in [2.05, 4.69) is 26.1 Å². The number of hydrogen-bond acceptors (Lipinski definition) is 5. The van der Waals surface area contributed by atoms with Crippen LogP contribution < -0.4 is 5.73 Å². The summed E-state index contributed by atoms with van der Waals surface area (Å²) in [4.78, 5) is 4.19. The highest BCUT2D eigenvalue weighted by Crippen LogP contribution is 2.28. The molecule has 0 radical (unpaired) electrons. The first-order chi connectivity index (χ1) is 7.22. The van der Waals surface area contributed by atoms with Crippen molar-refractivity contribution in [3.05, 3.63) is 22.8 Å². The van der Waals surface area contributed by atoms with E-state index in [0.717, 1.165) is 12.0 Å². The molecule has 0 bridgehead atoms. The van der Waals surface area contributed by atoms with E-state index in [1.54, 1.807) is 12.3 Å². The average molecular weight is 272 g/mol. The van der Waals surface area contributed by atoms with E-state index < -0.39 is 0 Å². The summed E-state index contributed by atoms with van der Waals surface area (Å²) < 4.78 is 10.7. The molecule has 0 aliphatic heterocycles. The lowest BCUT2D eigenvalue weighted by molar-refractivity contribution is 0.414. The third-order valence-electron chi connectivity index (χ3n) is 2.06. The quantitative estimate of drug-likeness (QED) is 0.928. The second-order valence-electron chi connectivity index (χ2n) is 3.08. The molecule has 0 spiro atoms. The fraction of sp³-hybridized carbons (Fsp3) is 0.333. The number of aromatic nitrogens is 2. The maximum absolute atomic E-state index is 5.78. The van der Waals surface area contributed by atoms with Crippen molar-refractivity contribution in [3.8, 4) is 11.5 Å². The van der Waals surface area contributed by atoms with Crippen LogP contribution in [0.15, 0.2) is 25.9 Å². The lowest BCUT2D eigenvalue weighted by atomic mass is 10.2. The van der Waals surface area contributed by atoms with Gasteiger partial charge in [-0.3, -0.25) is 0 Å². The molecule has 2 aromatic heterocycles. The Morgan fingerprint density at radius 1 is 1.60 bits per heavy atom. The smallest absolute Gasteiger partial charge is 0.262 e. The van der Waals surface area contributed by atoms with Gasteiger partial charge < -0.3 is 14.7 Å². The molecule has 2 N–H and O–H groups in total. The standard InChI is InChI=1S/C9H10BrN3O2/c1-2-6(11)8-12-9(15-13-8)5-3-4-14-7(5)10/h3-4,6H,2,11H2,1H3. The predicted molar refractivity (Wildman–Crippen MR) is 56.9 cm³/mol. The molecule has 2 aromatic rings. The molecular formula is C9H10BrN3O2.